The number of nitrogens with one attached hydrogen (secondary N) is 1. The van der Waals surface area contributed by atoms with E-state index in [0.29, 0.717) is 6.04 Å². The number of rotatable bonds is 3. The van der Waals surface area contributed by atoms with Gasteiger partial charge in [-0.1, -0.05) is 0 Å². The topological polar surface area (TPSA) is 52.0 Å². The summed E-state index contributed by atoms with van der Waals surface area (Å²) in [5.74, 6) is 0.989. The van der Waals surface area contributed by atoms with E-state index in [1.165, 1.54) is 0 Å². The second-order valence-corrected chi connectivity index (χ2v) is 3.52. The van der Waals surface area contributed by atoms with Gasteiger partial charge in [0.25, 0.3) is 0 Å². The predicted molar refractivity (Wildman–Crippen MR) is 51.9 cm³/mol. The smallest absolute Gasteiger partial charge is 0.141 e. The molecule has 2 rings (SSSR count). The van der Waals surface area contributed by atoms with Crippen molar-refractivity contribution in [3.8, 4) is 0 Å². The second kappa shape index (κ2) is 4.52. The van der Waals surface area contributed by atoms with Gasteiger partial charge in [-0.05, 0) is 19.9 Å². The van der Waals surface area contributed by atoms with Crippen molar-refractivity contribution in [2.24, 2.45) is 0 Å². The van der Waals surface area contributed by atoms with Gasteiger partial charge in [-0.3, -0.25) is 0 Å². The molecule has 0 spiro atoms. The Morgan fingerprint density at radius 1 is 1.71 bits per heavy atom. The fourth-order valence-electron chi connectivity index (χ4n) is 1.78. The Hall–Kier alpha value is -0.940. The normalized spacial score (nSPS) is 22.5. The Labute approximate surface area is 83.5 Å². The fourth-order valence-corrected chi connectivity index (χ4v) is 1.78. The summed E-state index contributed by atoms with van der Waals surface area (Å²) in [6.45, 7) is 2.41. The molecule has 0 aromatic carbocycles. The minimum atomic E-state index is 0.370. The first-order chi connectivity index (χ1) is 6.92. The summed E-state index contributed by atoms with van der Waals surface area (Å²) in [6.07, 6.45) is 3.87. The lowest BCUT2D eigenvalue weighted by Gasteiger charge is -2.23. The Kier molecular flexibility index (Phi) is 3.10. The van der Waals surface area contributed by atoms with Gasteiger partial charge in [-0.2, -0.15) is 5.10 Å². The predicted octanol–water partition coefficient (Wildman–Crippen LogP) is 0.349. The van der Waals surface area contributed by atoms with Crippen LogP contribution in [0.2, 0.25) is 0 Å². The van der Waals surface area contributed by atoms with Crippen molar-refractivity contribution in [1.29, 1.82) is 0 Å². The largest absolute Gasteiger partial charge is 0.379 e. The van der Waals surface area contributed by atoms with Crippen molar-refractivity contribution < 1.29 is 4.74 Å². The maximum absolute atomic E-state index is 5.43. The molecule has 1 N–H and O–H groups in total. The van der Waals surface area contributed by atoms with Crippen LogP contribution in [0.25, 0.3) is 0 Å². The molecule has 0 bridgehead atoms. The molecule has 1 aromatic rings. The summed E-state index contributed by atoms with van der Waals surface area (Å²) >= 11 is 0. The van der Waals surface area contributed by atoms with Crippen molar-refractivity contribution in [3.05, 3.63) is 12.2 Å². The van der Waals surface area contributed by atoms with Gasteiger partial charge in [0, 0.05) is 6.61 Å². The lowest BCUT2D eigenvalue weighted by atomic mass is 10.1. The molecular weight excluding hydrogens is 180 g/mol. The Bertz CT molecular complexity index is 280. The molecule has 1 aliphatic heterocycles. The molecule has 78 valence electrons. The van der Waals surface area contributed by atoms with Gasteiger partial charge in [-0.15, -0.1) is 0 Å². The van der Waals surface area contributed by atoms with E-state index >= 15 is 0 Å². The first-order valence-corrected chi connectivity index (χ1v) is 5.02. The minimum Gasteiger partial charge on any atom is -0.379 e. The van der Waals surface area contributed by atoms with Crippen molar-refractivity contribution >= 4 is 0 Å². The van der Waals surface area contributed by atoms with Crippen molar-refractivity contribution in [2.75, 3.05) is 20.3 Å². The third kappa shape index (κ3) is 1.93. The molecule has 14 heavy (non-hydrogen) atoms. The fraction of sp³-hybridized carbons (Fsp3) is 0.778. The van der Waals surface area contributed by atoms with Crippen molar-refractivity contribution in [2.45, 2.75) is 25.4 Å². The zero-order chi connectivity index (χ0) is 9.80. The van der Waals surface area contributed by atoms with E-state index < -0.39 is 0 Å². The first-order valence-electron chi connectivity index (χ1n) is 5.02. The van der Waals surface area contributed by atoms with E-state index in [9.17, 15) is 0 Å². The van der Waals surface area contributed by atoms with Gasteiger partial charge in [0.2, 0.25) is 0 Å². The minimum absolute atomic E-state index is 0.370. The average molecular weight is 196 g/mol. The molecule has 0 saturated carbocycles. The van der Waals surface area contributed by atoms with Gasteiger partial charge in [0.1, 0.15) is 12.2 Å². The van der Waals surface area contributed by atoms with Gasteiger partial charge in [-0.25, -0.2) is 9.67 Å². The Balaban J connectivity index is 2.09. The second-order valence-electron chi connectivity index (χ2n) is 3.52. The summed E-state index contributed by atoms with van der Waals surface area (Å²) in [6, 6.07) is 0.370. The molecule has 0 radical (unpaired) electrons. The molecule has 0 aliphatic carbocycles. The summed E-state index contributed by atoms with van der Waals surface area (Å²) in [4.78, 5) is 4.21. The zero-order valence-electron chi connectivity index (χ0n) is 8.44. The lowest BCUT2D eigenvalue weighted by molar-refractivity contribution is 0.0536. The van der Waals surface area contributed by atoms with E-state index in [0.717, 1.165) is 38.4 Å². The monoisotopic (exact) mass is 196 g/mol. The van der Waals surface area contributed by atoms with Gasteiger partial charge in [0.05, 0.1) is 19.2 Å². The van der Waals surface area contributed by atoms with Crippen LogP contribution in [0.15, 0.2) is 6.33 Å². The zero-order valence-corrected chi connectivity index (χ0v) is 8.44. The molecular formula is C9H16N4O. The molecule has 1 aliphatic rings. The highest BCUT2D eigenvalue weighted by molar-refractivity contribution is 4.87. The van der Waals surface area contributed by atoms with Crippen LogP contribution >= 0.6 is 0 Å². The number of hydrogen-bond acceptors (Lipinski definition) is 4. The highest BCUT2D eigenvalue weighted by Crippen LogP contribution is 2.19. The maximum atomic E-state index is 5.43. The molecule has 1 aromatic heterocycles. The average Bonchev–Trinajstić information content (AvgIpc) is 2.68. The number of aromatic nitrogens is 3. The van der Waals surface area contributed by atoms with Crippen LogP contribution in [0, 0.1) is 0 Å². The van der Waals surface area contributed by atoms with Crippen LogP contribution in [0.4, 0.5) is 0 Å². The van der Waals surface area contributed by atoms with Gasteiger partial charge >= 0.3 is 0 Å². The van der Waals surface area contributed by atoms with Crippen LogP contribution < -0.4 is 5.32 Å². The third-order valence-electron chi connectivity index (χ3n) is 2.46. The summed E-state index contributed by atoms with van der Waals surface area (Å²) < 4.78 is 7.41. The van der Waals surface area contributed by atoms with Crippen LogP contribution in [0.5, 0.6) is 0 Å². The molecule has 1 atom stereocenters. The van der Waals surface area contributed by atoms with Crippen LogP contribution in [0.3, 0.4) is 0 Å². The van der Waals surface area contributed by atoms with Crippen LogP contribution in [-0.2, 0) is 11.3 Å². The Morgan fingerprint density at radius 3 is 3.36 bits per heavy atom. The molecule has 1 unspecified atom stereocenters. The van der Waals surface area contributed by atoms with Gasteiger partial charge < -0.3 is 10.1 Å². The van der Waals surface area contributed by atoms with E-state index in [4.69, 9.17) is 4.74 Å². The van der Waals surface area contributed by atoms with Crippen LogP contribution in [-0.4, -0.2) is 35.0 Å². The van der Waals surface area contributed by atoms with E-state index in [-0.39, 0.29) is 0 Å². The standard InChI is InChI=1S/C9H16N4O/c1-10-5-9-11-7-12-13(9)8-3-2-4-14-6-8/h7-8,10H,2-6H2,1H3. The third-order valence-corrected chi connectivity index (χ3v) is 2.46. The summed E-state index contributed by atoms with van der Waals surface area (Å²) in [7, 11) is 1.91. The van der Waals surface area contributed by atoms with E-state index in [1.807, 2.05) is 11.7 Å². The van der Waals surface area contributed by atoms with Crippen molar-refractivity contribution in [1.82, 2.24) is 20.1 Å². The molecule has 0 amide bonds. The number of hydrogen-bond donors (Lipinski definition) is 1. The van der Waals surface area contributed by atoms with E-state index in [1.54, 1.807) is 6.33 Å². The highest BCUT2D eigenvalue weighted by atomic mass is 16.5. The van der Waals surface area contributed by atoms with E-state index in [2.05, 4.69) is 15.4 Å². The SMILES string of the molecule is CNCc1ncnn1C1CCCOC1. The highest BCUT2D eigenvalue weighted by Gasteiger charge is 2.18. The maximum Gasteiger partial charge on any atom is 0.141 e. The van der Waals surface area contributed by atoms with Crippen LogP contribution in [0.1, 0.15) is 24.7 Å². The summed E-state index contributed by atoms with van der Waals surface area (Å²) in [5.41, 5.74) is 0. The Morgan fingerprint density at radius 2 is 2.64 bits per heavy atom. The molecule has 1 fully saturated rings. The molecule has 2 heterocycles. The summed E-state index contributed by atoms with van der Waals surface area (Å²) in [5, 5.41) is 7.33. The van der Waals surface area contributed by atoms with Gasteiger partial charge in [0.15, 0.2) is 0 Å². The van der Waals surface area contributed by atoms with Crippen molar-refractivity contribution in [3.63, 3.8) is 0 Å². The number of ether oxygens (including phenoxy) is 1. The first kappa shape index (κ1) is 9.61. The number of nitrogens with zero attached hydrogens (tertiary/aromatic N) is 3. The quantitative estimate of drug-likeness (QED) is 0.758. The molecule has 5 heteroatoms. The molecule has 5 nitrogen and oxygen atoms in total. The lowest BCUT2D eigenvalue weighted by Crippen LogP contribution is -2.25. The molecule has 1 saturated heterocycles.